The normalized spacial score (nSPS) is 21.5. The van der Waals surface area contributed by atoms with Gasteiger partial charge in [-0.1, -0.05) is 84.9 Å². The van der Waals surface area contributed by atoms with Crippen molar-refractivity contribution in [2.75, 3.05) is 20.2 Å². The van der Waals surface area contributed by atoms with E-state index in [-0.39, 0.29) is 12.1 Å². The van der Waals surface area contributed by atoms with Crippen molar-refractivity contribution < 1.29 is 13.2 Å². The predicted octanol–water partition coefficient (Wildman–Crippen LogP) is 5.16. The van der Waals surface area contributed by atoms with Gasteiger partial charge in [0.25, 0.3) is 0 Å². The highest BCUT2D eigenvalue weighted by Gasteiger charge is 2.49. The van der Waals surface area contributed by atoms with Crippen molar-refractivity contribution in [1.82, 2.24) is 9.62 Å². The second-order valence-electron chi connectivity index (χ2n) is 9.44. The van der Waals surface area contributed by atoms with Gasteiger partial charge in [0.15, 0.2) is 0 Å². The van der Waals surface area contributed by atoms with Crippen molar-refractivity contribution in [3.63, 3.8) is 0 Å². The molecule has 1 unspecified atom stereocenters. The van der Waals surface area contributed by atoms with Gasteiger partial charge in [-0.05, 0) is 40.5 Å². The molecule has 4 aromatic rings. The molecule has 0 aliphatic carbocycles. The number of hydrogen-bond donors (Lipinski definition) is 1. The minimum absolute atomic E-state index is 0.110. The minimum Gasteiger partial charge on any atom is -0.496 e. The third kappa shape index (κ3) is 4.01. The lowest BCUT2D eigenvalue weighted by atomic mass is 9.75. The van der Waals surface area contributed by atoms with Crippen LogP contribution in [-0.4, -0.2) is 45.0 Å². The molecule has 5 nitrogen and oxygen atoms in total. The molecule has 3 fully saturated rings. The first kappa shape index (κ1) is 23.0. The van der Waals surface area contributed by atoms with Crippen LogP contribution in [-0.2, 0) is 10.0 Å². The predicted molar refractivity (Wildman–Crippen MR) is 143 cm³/mol. The maximum atomic E-state index is 13.4. The Morgan fingerprint density at radius 1 is 0.722 bits per heavy atom. The molecule has 3 aliphatic rings. The number of ether oxygens (including phenoxy) is 1. The zero-order chi connectivity index (χ0) is 24.7. The van der Waals surface area contributed by atoms with Gasteiger partial charge < -0.3 is 10.1 Å². The minimum atomic E-state index is -3.54. The van der Waals surface area contributed by atoms with Gasteiger partial charge in [-0.25, -0.2) is 8.42 Å². The van der Waals surface area contributed by atoms with Crippen molar-refractivity contribution in [3.05, 3.63) is 109 Å². The van der Waals surface area contributed by atoms with E-state index >= 15 is 0 Å². The second kappa shape index (κ2) is 9.21. The molecular formula is C30H28N2O3S. The van der Waals surface area contributed by atoms with Crippen molar-refractivity contribution in [1.29, 1.82) is 0 Å². The summed E-state index contributed by atoms with van der Waals surface area (Å²) in [6.45, 7) is 0.941. The fourth-order valence-corrected chi connectivity index (χ4v) is 7.01. The van der Waals surface area contributed by atoms with Gasteiger partial charge in [-0.2, -0.15) is 4.31 Å². The zero-order valence-electron chi connectivity index (χ0n) is 20.0. The summed E-state index contributed by atoms with van der Waals surface area (Å²) in [7, 11) is -1.85. The van der Waals surface area contributed by atoms with E-state index in [1.165, 1.54) is 5.56 Å². The summed E-state index contributed by atoms with van der Waals surface area (Å²) in [6, 6.07) is 34.0. The average Bonchev–Trinajstić information content (AvgIpc) is 2.94. The standard InChI is InChI=1S/C30H28N2O3S/c1-35-29-10-6-5-9-26(29)23-11-13-24(14-12-23)30-27-19-32(20-28(30)31-27)36(33,34)25-17-15-22(16-18-25)21-7-3-2-4-8-21/h2-18,27-28,30-31H,19-20H2,1H3/t27-,28+,30?. The van der Waals surface area contributed by atoms with Crippen LogP contribution in [0.1, 0.15) is 11.5 Å². The van der Waals surface area contributed by atoms with Gasteiger partial charge in [0.05, 0.1) is 12.0 Å². The number of nitrogens with zero attached hydrogens (tertiary/aromatic N) is 1. The first-order chi connectivity index (χ1) is 17.5. The maximum absolute atomic E-state index is 13.4. The summed E-state index contributed by atoms with van der Waals surface area (Å²) in [4.78, 5) is 0.348. The van der Waals surface area contributed by atoms with Gasteiger partial charge >= 0.3 is 0 Å². The number of piperidine rings is 1. The number of fused-ring (bicyclic) bond motifs is 2. The van der Waals surface area contributed by atoms with E-state index in [2.05, 4.69) is 35.6 Å². The summed E-state index contributed by atoms with van der Waals surface area (Å²) in [6.07, 6.45) is 0. The van der Waals surface area contributed by atoms with Crippen LogP contribution in [0.4, 0.5) is 0 Å². The number of piperazine rings is 1. The number of methoxy groups -OCH3 is 1. The van der Waals surface area contributed by atoms with Gasteiger partial charge in [0.1, 0.15) is 5.75 Å². The smallest absolute Gasteiger partial charge is 0.243 e. The Kier molecular flexibility index (Phi) is 5.88. The van der Waals surface area contributed by atoms with Crippen LogP contribution < -0.4 is 10.1 Å². The molecule has 1 N–H and O–H groups in total. The largest absolute Gasteiger partial charge is 0.496 e. The molecule has 4 aromatic carbocycles. The van der Waals surface area contributed by atoms with Crippen LogP contribution in [0.15, 0.2) is 108 Å². The van der Waals surface area contributed by atoms with Crippen molar-refractivity contribution in [3.8, 4) is 28.0 Å². The van der Waals surface area contributed by atoms with Crippen LogP contribution in [0.25, 0.3) is 22.3 Å². The molecule has 6 heteroatoms. The average molecular weight is 497 g/mol. The summed E-state index contributed by atoms with van der Waals surface area (Å²) >= 11 is 0. The molecule has 0 spiro atoms. The van der Waals surface area contributed by atoms with E-state index in [9.17, 15) is 8.42 Å². The Hall–Kier alpha value is -3.45. The second-order valence-corrected chi connectivity index (χ2v) is 11.4. The lowest BCUT2D eigenvalue weighted by Gasteiger charge is -2.54. The molecule has 7 rings (SSSR count). The summed E-state index contributed by atoms with van der Waals surface area (Å²) < 4.78 is 33.9. The van der Waals surface area contributed by atoms with Crippen molar-refractivity contribution >= 4 is 10.0 Å². The van der Waals surface area contributed by atoms with Gasteiger partial charge in [0.2, 0.25) is 10.0 Å². The van der Waals surface area contributed by atoms with E-state index in [1.54, 1.807) is 23.5 Å². The van der Waals surface area contributed by atoms with Gasteiger partial charge in [-0.3, -0.25) is 0 Å². The van der Waals surface area contributed by atoms with E-state index in [1.807, 2.05) is 60.7 Å². The van der Waals surface area contributed by atoms with E-state index in [0.717, 1.165) is 28.0 Å². The van der Waals surface area contributed by atoms with Gasteiger partial charge in [0, 0.05) is 36.7 Å². The first-order valence-corrected chi connectivity index (χ1v) is 13.6. The lowest BCUT2D eigenvalue weighted by Crippen LogP contribution is -2.72. The quantitative estimate of drug-likeness (QED) is 0.401. The summed E-state index contributed by atoms with van der Waals surface area (Å²) in [5.74, 6) is 1.16. The van der Waals surface area contributed by atoms with Crippen LogP contribution >= 0.6 is 0 Å². The molecule has 0 radical (unpaired) electrons. The molecule has 0 aromatic heterocycles. The zero-order valence-corrected chi connectivity index (χ0v) is 20.9. The Morgan fingerprint density at radius 3 is 1.97 bits per heavy atom. The Morgan fingerprint density at radius 2 is 1.31 bits per heavy atom. The van der Waals surface area contributed by atoms with Crippen molar-refractivity contribution in [2.45, 2.75) is 22.9 Å². The van der Waals surface area contributed by atoms with Crippen molar-refractivity contribution in [2.24, 2.45) is 0 Å². The fourth-order valence-electron chi connectivity index (χ4n) is 5.52. The van der Waals surface area contributed by atoms with Crippen LogP contribution in [0.2, 0.25) is 0 Å². The number of para-hydroxylation sites is 1. The molecule has 3 saturated heterocycles. The number of sulfonamides is 1. The number of benzene rings is 4. The third-order valence-electron chi connectivity index (χ3n) is 7.41. The van der Waals surface area contributed by atoms with Crippen LogP contribution in [0.5, 0.6) is 5.75 Å². The van der Waals surface area contributed by atoms with Gasteiger partial charge in [-0.15, -0.1) is 0 Å². The molecule has 2 bridgehead atoms. The van der Waals surface area contributed by atoms with Crippen LogP contribution in [0, 0.1) is 0 Å². The highest BCUT2D eigenvalue weighted by atomic mass is 32.2. The van der Waals surface area contributed by atoms with Crippen LogP contribution in [0.3, 0.4) is 0 Å². The fraction of sp³-hybridized carbons (Fsp3) is 0.200. The topological polar surface area (TPSA) is 58.6 Å². The first-order valence-electron chi connectivity index (χ1n) is 12.2. The van der Waals surface area contributed by atoms with E-state index in [0.29, 0.717) is 23.9 Å². The Balaban J connectivity index is 1.16. The molecule has 3 aliphatic heterocycles. The third-order valence-corrected chi connectivity index (χ3v) is 9.25. The Labute approximate surface area is 212 Å². The highest BCUT2D eigenvalue weighted by Crippen LogP contribution is 2.40. The van der Waals surface area contributed by atoms with E-state index < -0.39 is 10.0 Å². The molecule has 3 atom stereocenters. The molecule has 0 saturated carbocycles. The molecule has 3 heterocycles. The summed E-state index contributed by atoms with van der Waals surface area (Å²) in [5.41, 5.74) is 5.50. The lowest BCUT2D eigenvalue weighted by molar-refractivity contribution is 0.102. The van der Waals surface area contributed by atoms with E-state index in [4.69, 9.17) is 4.74 Å². The monoisotopic (exact) mass is 496 g/mol. The Bertz CT molecular complexity index is 1460. The molecule has 36 heavy (non-hydrogen) atoms. The number of hydrogen-bond acceptors (Lipinski definition) is 4. The maximum Gasteiger partial charge on any atom is 0.243 e. The molecule has 0 amide bonds. The molecular weight excluding hydrogens is 468 g/mol. The molecule has 182 valence electrons. The number of rotatable bonds is 6. The summed E-state index contributed by atoms with van der Waals surface area (Å²) in [5, 5.41) is 3.55. The SMILES string of the molecule is COc1ccccc1-c1ccc(C2[C@@H]3CN(S(=O)(=O)c4ccc(-c5ccccc5)cc4)C[C@H]2N3)cc1. The number of nitrogens with one attached hydrogen (secondary N) is 1. The highest BCUT2D eigenvalue weighted by molar-refractivity contribution is 7.89.